The first-order chi connectivity index (χ1) is 8.31. The summed E-state index contributed by atoms with van der Waals surface area (Å²) in [6.45, 7) is 4.70. The third-order valence-corrected chi connectivity index (χ3v) is 3.93. The van der Waals surface area contributed by atoms with Crippen molar-refractivity contribution in [3.8, 4) is 11.3 Å². The van der Waals surface area contributed by atoms with E-state index in [-0.39, 0.29) is 6.23 Å². The second kappa shape index (κ2) is 4.19. The molecule has 1 aliphatic rings. The molecule has 0 radical (unpaired) electrons. The molecular formula is C11H14N4OS. The number of fused-ring (bicyclic) bond motifs is 3. The van der Waals surface area contributed by atoms with E-state index >= 15 is 0 Å². The van der Waals surface area contributed by atoms with E-state index in [9.17, 15) is 0 Å². The number of nitrogens with one attached hydrogen (secondary N) is 1. The van der Waals surface area contributed by atoms with Crippen molar-refractivity contribution < 1.29 is 4.74 Å². The highest BCUT2D eigenvalue weighted by molar-refractivity contribution is 7.98. The number of ether oxygens (including phenoxy) is 1. The molecule has 5 nitrogen and oxygen atoms in total. The van der Waals surface area contributed by atoms with Gasteiger partial charge < -0.3 is 4.74 Å². The van der Waals surface area contributed by atoms with Gasteiger partial charge in [-0.15, -0.1) is 11.8 Å². The lowest BCUT2D eigenvalue weighted by molar-refractivity contribution is 0.0144. The average molecular weight is 250 g/mol. The molecule has 1 unspecified atom stereocenters. The number of hydrogen-bond donors (Lipinski definition) is 1. The van der Waals surface area contributed by atoms with E-state index in [2.05, 4.69) is 15.3 Å². The van der Waals surface area contributed by atoms with Crippen LogP contribution in [-0.4, -0.2) is 26.6 Å². The SMILES string of the molecule is CCOC(C)n1ncc2c1CSc1cn[nH]c1-2. The summed E-state index contributed by atoms with van der Waals surface area (Å²) >= 11 is 1.78. The van der Waals surface area contributed by atoms with E-state index in [0.29, 0.717) is 6.61 Å². The summed E-state index contributed by atoms with van der Waals surface area (Å²) < 4.78 is 7.54. The lowest BCUT2D eigenvalue weighted by atomic mass is 10.2. The molecule has 1 N–H and O–H groups in total. The van der Waals surface area contributed by atoms with Gasteiger partial charge >= 0.3 is 0 Å². The number of thioether (sulfide) groups is 1. The van der Waals surface area contributed by atoms with Crippen LogP contribution in [0.1, 0.15) is 25.8 Å². The second-order valence-electron chi connectivity index (χ2n) is 3.90. The van der Waals surface area contributed by atoms with Crippen molar-refractivity contribution in [2.75, 3.05) is 6.61 Å². The smallest absolute Gasteiger partial charge is 0.147 e. The Labute approximate surface area is 104 Å². The Morgan fingerprint density at radius 1 is 1.59 bits per heavy atom. The van der Waals surface area contributed by atoms with Crippen LogP contribution in [0.15, 0.2) is 17.3 Å². The maximum absolute atomic E-state index is 5.59. The topological polar surface area (TPSA) is 55.7 Å². The summed E-state index contributed by atoms with van der Waals surface area (Å²) in [6, 6.07) is 0. The molecule has 0 saturated heterocycles. The van der Waals surface area contributed by atoms with Crippen LogP contribution in [0.5, 0.6) is 0 Å². The van der Waals surface area contributed by atoms with Gasteiger partial charge in [0.1, 0.15) is 6.23 Å². The predicted molar refractivity (Wildman–Crippen MR) is 65.7 cm³/mol. The van der Waals surface area contributed by atoms with Gasteiger partial charge in [-0.05, 0) is 13.8 Å². The van der Waals surface area contributed by atoms with Crippen LogP contribution in [0.4, 0.5) is 0 Å². The lowest BCUT2D eigenvalue weighted by Crippen LogP contribution is -2.14. The zero-order valence-electron chi connectivity index (χ0n) is 9.80. The lowest BCUT2D eigenvalue weighted by Gasteiger charge is -2.18. The van der Waals surface area contributed by atoms with E-state index in [4.69, 9.17) is 4.74 Å². The van der Waals surface area contributed by atoms with Crippen molar-refractivity contribution in [2.45, 2.75) is 30.7 Å². The molecule has 0 aromatic carbocycles. The van der Waals surface area contributed by atoms with Gasteiger partial charge in [0, 0.05) is 17.9 Å². The number of aromatic amines is 1. The fraction of sp³-hybridized carbons (Fsp3) is 0.455. The highest BCUT2D eigenvalue weighted by Gasteiger charge is 2.24. The molecule has 2 aromatic heterocycles. The highest BCUT2D eigenvalue weighted by atomic mass is 32.2. The normalized spacial score (nSPS) is 15.4. The van der Waals surface area contributed by atoms with Crippen molar-refractivity contribution >= 4 is 11.8 Å². The Kier molecular flexibility index (Phi) is 2.68. The molecule has 0 amide bonds. The van der Waals surface area contributed by atoms with Crippen LogP contribution < -0.4 is 0 Å². The maximum atomic E-state index is 5.59. The minimum atomic E-state index is -0.0196. The van der Waals surface area contributed by atoms with Crippen molar-refractivity contribution in [3.63, 3.8) is 0 Å². The molecule has 0 fully saturated rings. The van der Waals surface area contributed by atoms with Gasteiger partial charge in [0.05, 0.1) is 28.7 Å². The largest absolute Gasteiger partial charge is 0.357 e. The molecule has 3 heterocycles. The van der Waals surface area contributed by atoms with Gasteiger partial charge in [0.15, 0.2) is 0 Å². The first-order valence-corrected chi connectivity index (χ1v) is 6.64. The zero-order chi connectivity index (χ0) is 11.8. The number of nitrogens with zero attached hydrogens (tertiary/aromatic N) is 3. The van der Waals surface area contributed by atoms with Crippen LogP contribution in [0.25, 0.3) is 11.3 Å². The quantitative estimate of drug-likeness (QED) is 0.909. The highest BCUT2D eigenvalue weighted by Crippen LogP contribution is 2.40. The van der Waals surface area contributed by atoms with E-state index < -0.39 is 0 Å². The molecule has 0 bridgehead atoms. The summed E-state index contributed by atoms with van der Waals surface area (Å²) in [5.41, 5.74) is 3.42. The Bertz CT molecular complexity index is 533. The minimum absolute atomic E-state index is 0.0196. The van der Waals surface area contributed by atoms with Gasteiger partial charge in [-0.1, -0.05) is 0 Å². The zero-order valence-corrected chi connectivity index (χ0v) is 10.6. The van der Waals surface area contributed by atoms with E-state index in [0.717, 1.165) is 17.0 Å². The van der Waals surface area contributed by atoms with Gasteiger partial charge in [0.2, 0.25) is 0 Å². The molecule has 0 aliphatic carbocycles. The molecule has 1 aliphatic heterocycles. The maximum Gasteiger partial charge on any atom is 0.147 e. The van der Waals surface area contributed by atoms with E-state index in [1.807, 2.05) is 30.9 Å². The number of H-pyrrole nitrogens is 1. The monoisotopic (exact) mass is 250 g/mol. The van der Waals surface area contributed by atoms with Crippen LogP contribution in [-0.2, 0) is 10.5 Å². The molecular weight excluding hydrogens is 236 g/mol. The molecule has 17 heavy (non-hydrogen) atoms. The summed E-state index contributed by atoms with van der Waals surface area (Å²) in [6.07, 6.45) is 3.74. The van der Waals surface area contributed by atoms with Crippen LogP contribution in [0, 0.1) is 0 Å². The van der Waals surface area contributed by atoms with Crippen molar-refractivity contribution in [1.82, 2.24) is 20.0 Å². The van der Waals surface area contributed by atoms with Gasteiger partial charge in [-0.2, -0.15) is 10.2 Å². The van der Waals surface area contributed by atoms with Gasteiger partial charge in [0.25, 0.3) is 0 Å². The second-order valence-corrected chi connectivity index (χ2v) is 4.92. The van der Waals surface area contributed by atoms with Crippen molar-refractivity contribution in [3.05, 3.63) is 18.1 Å². The molecule has 0 spiro atoms. The number of hydrogen-bond acceptors (Lipinski definition) is 4. The van der Waals surface area contributed by atoms with E-state index in [1.54, 1.807) is 11.8 Å². The minimum Gasteiger partial charge on any atom is -0.357 e. The number of rotatable bonds is 3. The Balaban J connectivity index is 2.02. The summed E-state index contributed by atoms with van der Waals surface area (Å²) in [5.74, 6) is 0.916. The predicted octanol–water partition coefficient (Wildman–Crippen LogP) is 2.43. The summed E-state index contributed by atoms with van der Waals surface area (Å²) in [5, 5.41) is 11.5. The fourth-order valence-corrected chi connectivity index (χ4v) is 3.10. The molecule has 3 rings (SSSR count). The number of aromatic nitrogens is 4. The van der Waals surface area contributed by atoms with Crippen LogP contribution in [0.3, 0.4) is 0 Å². The fourth-order valence-electron chi connectivity index (χ4n) is 2.09. The van der Waals surface area contributed by atoms with E-state index in [1.165, 1.54) is 10.6 Å². The van der Waals surface area contributed by atoms with Crippen LogP contribution >= 0.6 is 11.8 Å². The van der Waals surface area contributed by atoms with Crippen molar-refractivity contribution in [2.24, 2.45) is 0 Å². The third-order valence-electron chi connectivity index (χ3n) is 2.89. The average Bonchev–Trinajstić information content (AvgIpc) is 2.94. The van der Waals surface area contributed by atoms with Gasteiger partial charge in [-0.25, -0.2) is 4.68 Å². The van der Waals surface area contributed by atoms with Gasteiger partial charge in [-0.3, -0.25) is 5.10 Å². The molecule has 90 valence electrons. The summed E-state index contributed by atoms with van der Waals surface area (Å²) in [4.78, 5) is 1.20. The molecule has 0 saturated carbocycles. The molecule has 1 atom stereocenters. The molecule has 6 heteroatoms. The van der Waals surface area contributed by atoms with Crippen LogP contribution in [0.2, 0.25) is 0 Å². The molecule has 2 aromatic rings. The Morgan fingerprint density at radius 2 is 2.47 bits per heavy atom. The standard InChI is InChI=1S/C11H14N4OS/c1-3-16-7(2)15-9-6-17-10-5-12-14-11(10)8(9)4-13-15/h4-5,7H,3,6H2,1-2H3,(H,12,14). The Hall–Kier alpha value is -1.27. The van der Waals surface area contributed by atoms with Crippen molar-refractivity contribution in [1.29, 1.82) is 0 Å². The summed E-state index contributed by atoms with van der Waals surface area (Å²) in [7, 11) is 0. The Morgan fingerprint density at radius 3 is 3.29 bits per heavy atom. The third kappa shape index (κ3) is 1.68. The first-order valence-electron chi connectivity index (χ1n) is 5.65. The first kappa shape index (κ1) is 10.9.